The molecule has 1 heterocycles. The molecular weight excluding hydrogens is 282 g/mol. The molecule has 0 aliphatic carbocycles. The molecule has 0 radical (unpaired) electrons. The van der Waals surface area contributed by atoms with Crippen LogP contribution in [0.3, 0.4) is 0 Å². The van der Waals surface area contributed by atoms with E-state index in [1.54, 1.807) is 20.9 Å². The molecule has 0 saturated carbocycles. The quantitative estimate of drug-likeness (QED) is 0.435. The third-order valence-electron chi connectivity index (χ3n) is 3.39. The molecule has 0 spiro atoms. The largest absolute Gasteiger partial charge is 0.469 e. The zero-order valence-corrected chi connectivity index (χ0v) is 13.3. The molecule has 1 fully saturated rings. The summed E-state index contributed by atoms with van der Waals surface area (Å²) in [4.78, 5) is 17.1. The van der Waals surface area contributed by atoms with Crippen LogP contribution in [0.1, 0.15) is 20.3 Å². The number of sulfone groups is 1. The topological polar surface area (TPSA) is 88.1 Å². The number of carbonyl (C=O) groups excluding carboxylic acids is 1. The maximum atomic E-state index is 12.0. The number of esters is 1. The zero-order chi connectivity index (χ0) is 15.4. The van der Waals surface area contributed by atoms with Gasteiger partial charge in [-0.1, -0.05) is 0 Å². The number of aliphatic imine (C=N–C) groups is 1. The molecular formula is C12H23N3O4S. The Balaban J connectivity index is 2.62. The van der Waals surface area contributed by atoms with Gasteiger partial charge in [-0.25, -0.2) is 8.42 Å². The average Bonchev–Trinajstić information content (AvgIpc) is 2.38. The van der Waals surface area contributed by atoms with Crippen LogP contribution in [0.5, 0.6) is 0 Å². The van der Waals surface area contributed by atoms with Crippen LogP contribution in [0.15, 0.2) is 4.99 Å². The van der Waals surface area contributed by atoms with Crippen LogP contribution in [0.25, 0.3) is 0 Å². The van der Waals surface area contributed by atoms with E-state index in [9.17, 15) is 13.2 Å². The van der Waals surface area contributed by atoms with Crippen molar-refractivity contribution in [3.8, 4) is 0 Å². The molecule has 0 aromatic heterocycles. The Labute approximate surface area is 120 Å². The first-order valence-corrected chi connectivity index (χ1v) is 8.13. The van der Waals surface area contributed by atoms with Crippen molar-refractivity contribution in [3.63, 3.8) is 0 Å². The van der Waals surface area contributed by atoms with Gasteiger partial charge in [-0.2, -0.15) is 0 Å². The lowest BCUT2D eigenvalue weighted by atomic mass is 10.2. The summed E-state index contributed by atoms with van der Waals surface area (Å²) in [6, 6.07) is 0. The summed E-state index contributed by atoms with van der Waals surface area (Å²) >= 11 is 0. The van der Waals surface area contributed by atoms with Crippen molar-refractivity contribution in [3.05, 3.63) is 0 Å². The second kappa shape index (κ2) is 6.43. The van der Waals surface area contributed by atoms with Crippen LogP contribution >= 0.6 is 0 Å². The summed E-state index contributed by atoms with van der Waals surface area (Å²) < 4.78 is 27.7. The fourth-order valence-corrected chi connectivity index (χ4v) is 3.40. The minimum absolute atomic E-state index is 0.109. The lowest BCUT2D eigenvalue weighted by Gasteiger charge is -2.39. The molecule has 1 aliphatic heterocycles. The molecule has 8 heteroatoms. The van der Waals surface area contributed by atoms with Crippen molar-refractivity contribution in [1.82, 2.24) is 10.2 Å². The summed E-state index contributed by atoms with van der Waals surface area (Å²) in [6.45, 7) is 4.63. The number of ether oxygens (including phenoxy) is 1. The second-order valence-corrected chi connectivity index (χ2v) is 8.04. The van der Waals surface area contributed by atoms with Gasteiger partial charge in [0.05, 0.1) is 24.0 Å². The highest BCUT2D eigenvalue weighted by Crippen LogP contribution is 2.23. The predicted molar refractivity (Wildman–Crippen MR) is 77.4 cm³/mol. The fourth-order valence-electron chi connectivity index (χ4n) is 2.04. The van der Waals surface area contributed by atoms with Crippen LogP contribution in [0.2, 0.25) is 0 Å². The van der Waals surface area contributed by atoms with Crippen molar-refractivity contribution < 1.29 is 17.9 Å². The minimum atomic E-state index is -3.07. The lowest BCUT2D eigenvalue weighted by Crippen LogP contribution is -2.57. The molecule has 0 aromatic carbocycles. The second-order valence-electron chi connectivity index (χ2n) is 5.30. The van der Waals surface area contributed by atoms with Crippen molar-refractivity contribution in [1.29, 1.82) is 0 Å². The maximum absolute atomic E-state index is 12.0. The van der Waals surface area contributed by atoms with E-state index >= 15 is 0 Å². The monoisotopic (exact) mass is 305 g/mol. The highest BCUT2D eigenvalue weighted by Gasteiger charge is 2.40. The highest BCUT2D eigenvalue weighted by atomic mass is 32.2. The lowest BCUT2D eigenvalue weighted by molar-refractivity contribution is -0.140. The number of guanidine groups is 1. The SMILES string of the molecule is CN=C(NCCC(=O)OC)N1CCS(=O)(=O)C(C)(C)C1. The summed E-state index contributed by atoms with van der Waals surface area (Å²) in [5.41, 5.74) is 0. The van der Waals surface area contributed by atoms with Gasteiger partial charge in [-0.3, -0.25) is 9.79 Å². The van der Waals surface area contributed by atoms with Gasteiger partial charge >= 0.3 is 5.97 Å². The van der Waals surface area contributed by atoms with Crippen molar-refractivity contribution >= 4 is 21.8 Å². The number of nitrogens with one attached hydrogen (secondary N) is 1. The molecule has 1 rings (SSSR count). The Bertz CT molecular complexity index is 485. The number of carbonyl (C=O) groups is 1. The first kappa shape index (κ1) is 16.7. The fraction of sp³-hybridized carbons (Fsp3) is 0.833. The Morgan fingerprint density at radius 2 is 2.10 bits per heavy atom. The van der Waals surface area contributed by atoms with Crippen LogP contribution in [0.4, 0.5) is 0 Å². The number of nitrogens with zero attached hydrogens (tertiary/aromatic N) is 2. The highest BCUT2D eigenvalue weighted by molar-refractivity contribution is 7.92. The van der Waals surface area contributed by atoms with Gasteiger partial charge in [0.25, 0.3) is 0 Å². The maximum Gasteiger partial charge on any atom is 0.307 e. The Morgan fingerprint density at radius 1 is 1.45 bits per heavy atom. The molecule has 1 saturated heterocycles. The predicted octanol–water partition coefficient (Wildman–Crippen LogP) is -0.366. The molecule has 1 aliphatic rings. The van der Waals surface area contributed by atoms with Crippen molar-refractivity contribution in [2.45, 2.75) is 25.0 Å². The number of rotatable bonds is 3. The smallest absolute Gasteiger partial charge is 0.307 e. The summed E-state index contributed by atoms with van der Waals surface area (Å²) in [7, 11) is -0.0942. The van der Waals surface area contributed by atoms with Crippen LogP contribution in [0, 0.1) is 0 Å². The van der Waals surface area contributed by atoms with Crippen LogP contribution in [-0.4, -0.2) is 69.5 Å². The van der Waals surface area contributed by atoms with Gasteiger partial charge < -0.3 is 15.0 Å². The standard InChI is InChI=1S/C12H23N3O4S/c1-12(2)9-15(7-8-20(12,17)18)11(13-3)14-6-5-10(16)19-4/h5-9H2,1-4H3,(H,13,14). The van der Waals surface area contributed by atoms with E-state index in [0.29, 0.717) is 25.6 Å². The first-order valence-electron chi connectivity index (χ1n) is 6.48. The molecule has 116 valence electrons. The Kier molecular flexibility index (Phi) is 5.38. The third kappa shape index (κ3) is 3.84. The van der Waals surface area contributed by atoms with Crippen molar-refractivity contribution in [2.75, 3.05) is 39.5 Å². The number of methoxy groups -OCH3 is 1. The molecule has 0 atom stereocenters. The van der Waals surface area contributed by atoms with E-state index in [4.69, 9.17) is 0 Å². The molecule has 7 nitrogen and oxygen atoms in total. The number of hydrogen-bond acceptors (Lipinski definition) is 5. The summed E-state index contributed by atoms with van der Waals surface area (Å²) in [6.07, 6.45) is 0.241. The third-order valence-corrected chi connectivity index (χ3v) is 5.93. The molecule has 1 N–H and O–H groups in total. The summed E-state index contributed by atoms with van der Waals surface area (Å²) in [5.74, 6) is 0.420. The van der Waals surface area contributed by atoms with Crippen LogP contribution in [-0.2, 0) is 19.4 Å². The zero-order valence-electron chi connectivity index (χ0n) is 12.5. The first-order chi connectivity index (χ1) is 9.23. The normalized spacial score (nSPS) is 21.4. The molecule has 20 heavy (non-hydrogen) atoms. The van der Waals surface area contributed by atoms with E-state index < -0.39 is 14.6 Å². The summed E-state index contributed by atoms with van der Waals surface area (Å²) in [5, 5.41) is 3.05. The van der Waals surface area contributed by atoms with Gasteiger partial charge in [0, 0.05) is 26.7 Å². The van der Waals surface area contributed by atoms with E-state index in [0.717, 1.165) is 0 Å². The van der Waals surface area contributed by atoms with Crippen molar-refractivity contribution in [2.24, 2.45) is 4.99 Å². The Morgan fingerprint density at radius 3 is 2.60 bits per heavy atom. The number of hydrogen-bond donors (Lipinski definition) is 1. The molecule has 0 aromatic rings. The van der Waals surface area contributed by atoms with E-state index in [1.165, 1.54) is 7.11 Å². The molecule has 0 unspecified atom stereocenters. The minimum Gasteiger partial charge on any atom is -0.469 e. The Hall–Kier alpha value is -1.31. The van der Waals surface area contributed by atoms with Crippen LogP contribution < -0.4 is 5.32 Å². The van der Waals surface area contributed by atoms with E-state index in [2.05, 4.69) is 15.0 Å². The van der Waals surface area contributed by atoms with Gasteiger partial charge in [-0.05, 0) is 13.8 Å². The van der Waals surface area contributed by atoms with Gasteiger partial charge in [0.15, 0.2) is 15.8 Å². The van der Waals surface area contributed by atoms with Gasteiger partial charge in [0.2, 0.25) is 0 Å². The van der Waals surface area contributed by atoms with Gasteiger partial charge in [-0.15, -0.1) is 0 Å². The molecule has 0 amide bonds. The van der Waals surface area contributed by atoms with E-state index in [-0.39, 0.29) is 18.1 Å². The average molecular weight is 305 g/mol. The molecule has 0 bridgehead atoms. The van der Waals surface area contributed by atoms with Gasteiger partial charge in [0.1, 0.15) is 0 Å². The van der Waals surface area contributed by atoms with E-state index in [1.807, 2.05) is 4.90 Å².